The zero-order valence-electron chi connectivity index (χ0n) is 8.77. The number of benzene rings is 1. The first-order chi connectivity index (χ1) is 7.18. The van der Waals surface area contributed by atoms with E-state index in [4.69, 9.17) is 0 Å². The average molecular weight is 298 g/mol. The minimum Gasteiger partial charge on any atom is -0.448 e. The van der Waals surface area contributed by atoms with Gasteiger partial charge in [-0.25, -0.2) is 0 Å². The molecule has 1 rings (SSSR count). The maximum Gasteiger partial charge on any atom is 1.00 e. The van der Waals surface area contributed by atoms with E-state index in [0.717, 1.165) is 12.1 Å². The van der Waals surface area contributed by atoms with Crippen LogP contribution in [0.1, 0.15) is 5.56 Å². The predicted molar refractivity (Wildman–Crippen MR) is 51.2 cm³/mol. The van der Waals surface area contributed by atoms with Crippen LogP contribution in [0.4, 0.5) is 26.1 Å². The number of thioether (sulfide) groups is 1. The molecule has 0 unspecified atom stereocenters. The van der Waals surface area contributed by atoms with Crippen LogP contribution in [-0.4, -0.2) is 12.6 Å². The standard InChI is InChI=1S/C8H6BF6S.K/c10-8(11,12)6-2-1-3-7(4-6)16-5-9(13,14)15;/h1-4H,5H2;/q-1;+1. The first-order valence-corrected chi connectivity index (χ1v) is 5.18. The molecule has 0 aliphatic carbocycles. The molecule has 0 radical (unpaired) electrons. The van der Waals surface area contributed by atoms with Crippen LogP contribution in [0.5, 0.6) is 0 Å². The summed E-state index contributed by atoms with van der Waals surface area (Å²) in [6.07, 6.45) is -4.53. The molecule has 0 saturated heterocycles. The van der Waals surface area contributed by atoms with Crippen molar-refractivity contribution in [3.8, 4) is 0 Å². The summed E-state index contributed by atoms with van der Waals surface area (Å²) in [5, 5.41) is 0. The maximum absolute atomic E-state index is 12.2. The molecule has 0 aromatic heterocycles. The van der Waals surface area contributed by atoms with Crippen molar-refractivity contribution in [2.45, 2.75) is 11.1 Å². The zero-order valence-corrected chi connectivity index (χ0v) is 12.7. The number of hydrogen-bond donors (Lipinski definition) is 0. The van der Waals surface area contributed by atoms with Gasteiger partial charge in [0.05, 0.1) is 5.56 Å². The van der Waals surface area contributed by atoms with E-state index in [9.17, 15) is 26.1 Å². The van der Waals surface area contributed by atoms with Crippen molar-refractivity contribution < 1.29 is 77.5 Å². The third kappa shape index (κ3) is 7.12. The number of halogens is 6. The molecule has 1 aromatic carbocycles. The first kappa shape index (κ1) is 17.9. The van der Waals surface area contributed by atoms with Crippen LogP contribution in [0.2, 0.25) is 0 Å². The van der Waals surface area contributed by atoms with E-state index in [1.54, 1.807) is 0 Å². The predicted octanol–water partition coefficient (Wildman–Crippen LogP) is 1.19. The summed E-state index contributed by atoms with van der Waals surface area (Å²) in [7, 11) is 0. The van der Waals surface area contributed by atoms with Crippen LogP contribution < -0.4 is 51.4 Å². The molecule has 0 N–H and O–H groups in total. The van der Waals surface area contributed by atoms with Gasteiger partial charge in [-0.15, -0.1) is 0 Å². The van der Waals surface area contributed by atoms with Crippen LogP contribution in [0.3, 0.4) is 0 Å². The van der Waals surface area contributed by atoms with E-state index >= 15 is 0 Å². The van der Waals surface area contributed by atoms with Gasteiger partial charge in [0, 0.05) is 4.90 Å². The Bertz CT molecular complexity index is 364. The molecule has 0 saturated carbocycles. The van der Waals surface area contributed by atoms with Gasteiger partial charge in [-0.2, -0.15) is 24.9 Å². The van der Waals surface area contributed by atoms with Crippen molar-refractivity contribution in [1.29, 1.82) is 0 Å². The summed E-state index contributed by atoms with van der Waals surface area (Å²) >= 11 is 0.360. The molecule has 0 spiro atoms. The topological polar surface area (TPSA) is 0 Å². The van der Waals surface area contributed by atoms with E-state index in [0.29, 0.717) is 17.8 Å². The van der Waals surface area contributed by atoms with Crippen LogP contribution in [-0.2, 0) is 6.18 Å². The molecule has 0 bridgehead atoms. The van der Waals surface area contributed by atoms with Crippen LogP contribution in [0, 0.1) is 0 Å². The van der Waals surface area contributed by atoms with Crippen molar-refractivity contribution in [3.05, 3.63) is 29.8 Å². The molecule has 0 aliphatic rings. The van der Waals surface area contributed by atoms with Crippen molar-refractivity contribution >= 4 is 18.7 Å². The van der Waals surface area contributed by atoms with E-state index in [1.165, 1.54) is 6.07 Å². The van der Waals surface area contributed by atoms with Gasteiger partial charge in [-0.3, -0.25) is 0 Å². The molecule has 90 valence electrons. The fourth-order valence-electron chi connectivity index (χ4n) is 0.953. The maximum atomic E-state index is 12.2. The second kappa shape index (κ2) is 6.86. The van der Waals surface area contributed by atoms with E-state index in [-0.39, 0.29) is 56.3 Å². The Morgan fingerprint density at radius 3 is 2.18 bits per heavy atom. The van der Waals surface area contributed by atoms with E-state index in [2.05, 4.69) is 0 Å². The molecule has 0 heterocycles. The van der Waals surface area contributed by atoms with Crippen LogP contribution >= 0.6 is 11.8 Å². The number of alkyl halides is 3. The van der Waals surface area contributed by atoms with Gasteiger partial charge in [0.15, 0.2) is 0 Å². The zero-order chi connectivity index (χ0) is 12.4. The van der Waals surface area contributed by atoms with Gasteiger partial charge in [-0.05, 0) is 23.9 Å². The SMILES string of the molecule is F[B-](F)(F)CSc1cccc(C(F)(F)F)c1.[K+]. The van der Waals surface area contributed by atoms with Crippen LogP contribution in [0.25, 0.3) is 0 Å². The molecule has 17 heavy (non-hydrogen) atoms. The molecular weight excluding hydrogens is 292 g/mol. The number of hydrogen-bond acceptors (Lipinski definition) is 1. The molecule has 1 aromatic rings. The molecular formula is C8H6BF6KS. The third-order valence-corrected chi connectivity index (χ3v) is 2.73. The summed E-state index contributed by atoms with van der Waals surface area (Å²) in [5.74, 6) is 0. The van der Waals surface area contributed by atoms with Gasteiger partial charge >= 0.3 is 64.5 Å². The number of rotatable bonds is 3. The summed E-state index contributed by atoms with van der Waals surface area (Å²) in [5.41, 5.74) is -2.08. The first-order valence-electron chi connectivity index (χ1n) is 4.19. The molecule has 0 atom stereocenters. The summed E-state index contributed by atoms with van der Waals surface area (Å²) in [6.45, 7) is -4.99. The van der Waals surface area contributed by atoms with Crippen molar-refractivity contribution in [1.82, 2.24) is 0 Å². The van der Waals surface area contributed by atoms with Gasteiger partial charge in [0.2, 0.25) is 0 Å². The summed E-state index contributed by atoms with van der Waals surface area (Å²) in [4.78, 5) is -0.0333. The summed E-state index contributed by atoms with van der Waals surface area (Å²) in [6, 6.07) is 3.85. The Balaban J connectivity index is 0.00000256. The fraction of sp³-hybridized carbons (Fsp3) is 0.250. The second-order valence-electron chi connectivity index (χ2n) is 3.05. The second-order valence-corrected chi connectivity index (χ2v) is 4.14. The average Bonchev–Trinajstić information content (AvgIpc) is 2.13. The smallest absolute Gasteiger partial charge is 0.448 e. The van der Waals surface area contributed by atoms with Gasteiger partial charge in [-0.1, -0.05) is 6.07 Å². The van der Waals surface area contributed by atoms with E-state index < -0.39 is 24.4 Å². The molecule has 0 amide bonds. The van der Waals surface area contributed by atoms with Gasteiger partial charge in [0.1, 0.15) is 0 Å². The Morgan fingerprint density at radius 1 is 1.12 bits per heavy atom. The largest absolute Gasteiger partial charge is 1.00 e. The normalized spacial score (nSPS) is 12.1. The van der Waals surface area contributed by atoms with Crippen molar-refractivity contribution in [2.24, 2.45) is 0 Å². The third-order valence-electron chi connectivity index (χ3n) is 1.60. The Morgan fingerprint density at radius 2 is 1.71 bits per heavy atom. The minimum atomic E-state index is -4.99. The Hall–Kier alpha value is 0.851. The monoisotopic (exact) mass is 298 g/mol. The summed E-state index contributed by atoms with van der Waals surface area (Å²) < 4.78 is 72.3. The van der Waals surface area contributed by atoms with Crippen molar-refractivity contribution in [3.63, 3.8) is 0 Å². The van der Waals surface area contributed by atoms with Gasteiger partial charge in [0.25, 0.3) is 0 Å². The van der Waals surface area contributed by atoms with Crippen LogP contribution in [0.15, 0.2) is 29.2 Å². The van der Waals surface area contributed by atoms with Gasteiger partial charge < -0.3 is 12.9 Å². The molecule has 0 fully saturated rings. The molecule has 0 nitrogen and oxygen atoms in total. The Kier molecular flexibility index (Phi) is 7.20. The molecule has 9 heteroatoms. The van der Waals surface area contributed by atoms with E-state index in [1.807, 2.05) is 0 Å². The minimum absolute atomic E-state index is 0. The fourth-order valence-corrected chi connectivity index (χ4v) is 1.72. The quantitative estimate of drug-likeness (QED) is 0.459. The van der Waals surface area contributed by atoms with Crippen molar-refractivity contribution in [2.75, 3.05) is 5.65 Å². The molecule has 0 aliphatic heterocycles. The Labute approximate surface area is 141 Å².